The second kappa shape index (κ2) is 1.88. The molecule has 2 aromatic rings. The number of nitro benzene ring substituents is 1. The van der Waals surface area contributed by atoms with Gasteiger partial charge in [0.05, 0.1) is 10.3 Å². The van der Waals surface area contributed by atoms with Gasteiger partial charge in [-0.05, 0) is 23.3 Å². The van der Waals surface area contributed by atoms with Crippen LogP contribution in [0.3, 0.4) is 0 Å². The summed E-state index contributed by atoms with van der Waals surface area (Å²) in [6, 6.07) is 9.03. The van der Waals surface area contributed by atoms with Gasteiger partial charge in [0, 0.05) is 11.5 Å². The van der Waals surface area contributed by atoms with Gasteiger partial charge < -0.3 is 0 Å². The van der Waals surface area contributed by atoms with Gasteiger partial charge in [-0.3, -0.25) is 10.1 Å². The molecule has 1 aliphatic rings. The molecule has 0 radical (unpaired) electrons. The Kier molecular flexibility index (Phi) is 0.953. The van der Waals surface area contributed by atoms with Gasteiger partial charge in [0.2, 0.25) is 0 Å². The van der Waals surface area contributed by atoms with E-state index in [4.69, 9.17) is 0 Å². The molecule has 0 atom stereocenters. The maximum atomic E-state index is 10.6. The molecule has 0 heterocycles. The van der Waals surface area contributed by atoms with Crippen molar-refractivity contribution in [2.45, 2.75) is 0 Å². The quantitative estimate of drug-likeness (QED) is 0.417. The summed E-state index contributed by atoms with van der Waals surface area (Å²) in [5.41, 5.74) is 2.52. The predicted molar refractivity (Wildman–Crippen MR) is 49.6 cm³/mol. The lowest BCUT2D eigenvalue weighted by atomic mass is 10.2. The van der Waals surface area contributed by atoms with E-state index in [-0.39, 0.29) is 10.6 Å². The van der Waals surface area contributed by atoms with Gasteiger partial charge in [-0.1, -0.05) is 12.1 Å². The normalized spacial score (nSPS) is 11.7. The van der Waals surface area contributed by atoms with Crippen molar-refractivity contribution in [2.24, 2.45) is 0 Å². The summed E-state index contributed by atoms with van der Waals surface area (Å²) in [6.07, 6.45) is 0. The molecular weight excluding hydrogens is 166 g/mol. The van der Waals surface area contributed by atoms with Crippen LogP contribution in [0.1, 0.15) is 0 Å². The van der Waals surface area contributed by atoms with Crippen LogP contribution in [0.2, 0.25) is 0 Å². The highest BCUT2D eigenvalue weighted by atomic mass is 16.6. The molecule has 0 N–H and O–H groups in total. The largest absolute Gasteiger partial charge is 0.277 e. The predicted octanol–water partition coefficient (Wildman–Crippen LogP) is 2.73. The zero-order chi connectivity index (χ0) is 9.00. The van der Waals surface area contributed by atoms with E-state index < -0.39 is 0 Å². The molecule has 0 amide bonds. The number of nitro groups is 1. The van der Waals surface area contributed by atoms with Crippen molar-refractivity contribution in [1.29, 1.82) is 0 Å². The topological polar surface area (TPSA) is 43.1 Å². The Morgan fingerprint density at radius 2 is 1.85 bits per heavy atom. The van der Waals surface area contributed by atoms with Crippen molar-refractivity contribution in [2.75, 3.05) is 0 Å². The van der Waals surface area contributed by atoms with Crippen molar-refractivity contribution in [3.8, 4) is 11.1 Å². The Balaban J connectivity index is 2.47. The van der Waals surface area contributed by atoms with E-state index in [0.29, 0.717) is 0 Å². The van der Waals surface area contributed by atoms with Crippen molar-refractivity contribution in [3.63, 3.8) is 0 Å². The first-order valence-electron chi connectivity index (χ1n) is 3.99. The van der Waals surface area contributed by atoms with Crippen LogP contribution in [0.4, 0.5) is 5.69 Å². The van der Waals surface area contributed by atoms with Gasteiger partial charge >= 0.3 is 0 Å². The summed E-state index contributed by atoms with van der Waals surface area (Å²) in [7, 11) is 0. The third-order valence-corrected chi connectivity index (χ3v) is 2.44. The van der Waals surface area contributed by atoms with Crippen molar-refractivity contribution < 1.29 is 4.92 Å². The van der Waals surface area contributed by atoms with E-state index in [1.807, 2.05) is 18.2 Å². The Hall–Kier alpha value is -1.90. The van der Waals surface area contributed by atoms with Crippen LogP contribution in [0.5, 0.6) is 0 Å². The molecule has 62 valence electrons. The number of non-ortho nitro benzene ring substituents is 1. The van der Waals surface area contributed by atoms with Gasteiger partial charge in [0.25, 0.3) is 5.69 Å². The molecule has 0 unspecified atom stereocenters. The van der Waals surface area contributed by atoms with Crippen LogP contribution in [0, 0.1) is 10.1 Å². The van der Waals surface area contributed by atoms with E-state index in [2.05, 4.69) is 0 Å². The molecule has 0 spiro atoms. The molecule has 1 aliphatic carbocycles. The van der Waals surface area contributed by atoms with Gasteiger partial charge in [-0.2, -0.15) is 0 Å². The molecule has 0 saturated heterocycles. The summed E-state index contributed by atoms with van der Waals surface area (Å²) in [5.74, 6) is 0. The fraction of sp³-hybridized carbons (Fsp3) is 0. The number of nitrogens with zero attached hydrogens (tertiary/aromatic N) is 1. The Labute approximate surface area is 73.8 Å². The number of hydrogen-bond acceptors (Lipinski definition) is 2. The van der Waals surface area contributed by atoms with Crippen LogP contribution in [-0.4, -0.2) is 4.92 Å². The molecule has 2 aromatic carbocycles. The van der Waals surface area contributed by atoms with Crippen molar-refractivity contribution in [1.82, 2.24) is 0 Å². The molecule has 13 heavy (non-hydrogen) atoms. The molecular formula is C10H5NO2. The first-order chi connectivity index (χ1) is 6.29. The van der Waals surface area contributed by atoms with Gasteiger partial charge in [-0.15, -0.1) is 0 Å². The van der Waals surface area contributed by atoms with E-state index in [1.54, 1.807) is 12.1 Å². The van der Waals surface area contributed by atoms with Gasteiger partial charge in [-0.25, -0.2) is 0 Å². The van der Waals surface area contributed by atoms with Crippen LogP contribution >= 0.6 is 0 Å². The molecule has 0 saturated carbocycles. The second-order valence-corrected chi connectivity index (χ2v) is 3.12. The monoisotopic (exact) mass is 171 g/mol. The Morgan fingerprint density at radius 1 is 1.08 bits per heavy atom. The van der Waals surface area contributed by atoms with E-state index in [0.717, 1.165) is 21.9 Å². The Morgan fingerprint density at radius 3 is 2.62 bits per heavy atom. The van der Waals surface area contributed by atoms with Gasteiger partial charge in [0.1, 0.15) is 0 Å². The maximum Gasteiger partial charge on any atom is 0.277 e. The highest BCUT2D eigenvalue weighted by Gasteiger charge is 2.25. The number of fused-ring (bicyclic) bond motifs is 1. The first kappa shape index (κ1) is 6.60. The Bertz CT molecular complexity index is 538. The standard InChI is InChI=1S/C10H5NO2/c12-11(13)9-5-4-7-6-2-1-3-8(9)10(6)7/h1-5H. The summed E-state index contributed by atoms with van der Waals surface area (Å²) >= 11 is 0. The third-order valence-electron chi connectivity index (χ3n) is 2.44. The van der Waals surface area contributed by atoms with Crippen LogP contribution in [0.25, 0.3) is 21.9 Å². The average Bonchev–Trinajstić information content (AvgIpc) is 2.82. The molecule has 3 nitrogen and oxygen atoms in total. The zero-order valence-electron chi connectivity index (χ0n) is 6.65. The minimum Gasteiger partial charge on any atom is -0.258 e. The summed E-state index contributed by atoms with van der Waals surface area (Å²) in [4.78, 5) is 10.3. The second-order valence-electron chi connectivity index (χ2n) is 3.12. The fourth-order valence-electron chi connectivity index (χ4n) is 1.80. The zero-order valence-corrected chi connectivity index (χ0v) is 6.65. The lowest BCUT2D eigenvalue weighted by Gasteiger charge is -1.90. The minimum atomic E-state index is -0.332. The average molecular weight is 171 g/mol. The molecule has 0 aliphatic heterocycles. The van der Waals surface area contributed by atoms with E-state index >= 15 is 0 Å². The minimum absolute atomic E-state index is 0.207. The molecule has 0 bridgehead atoms. The summed E-state index contributed by atoms with van der Waals surface area (Å²) < 4.78 is 0. The smallest absolute Gasteiger partial charge is 0.258 e. The molecule has 0 fully saturated rings. The fourth-order valence-corrected chi connectivity index (χ4v) is 1.80. The van der Waals surface area contributed by atoms with Crippen LogP contribution in [0.15, 0.2) is 30.3 Å². The maximum absolute atomic E-state index is 10.6. The van der Waals surface area contributed by atoms with E-state index in [1.165, 1.54) is 0 Å². The molecule has 3 rings (SSSR count). The first-order valence-corrected chi connectivity index (χ1v) is 3.99. The van der Waals surface area contributed by atoms with Gasteiger partial charge in [0.15, 0.2) is 0 Å². The molecule has 0 aromatic heterocycles. The molecule has 3 heteroatoms. The summed E-state index contributed by atoms with van der Waals surface area (Å²) in [5, 5.41) is 12.5. The van der Waals surface area contributed by atoms with Crippen molar-refractivity contribution >= 4 is 16.5 Å². The van der Waals surface area contributed by atoms with Crippen LogP contribution in [-0.2, 0) is 0 Å². The number of hydrogen-bond donors (Lipinski definition) is 0. The lowest BCUT2D eigenvalue weighted by molar-refractivity contribution is -0.383. The SMILES string of the molecule is O=[N+]([O-])c1ccc2c3c-2cccc13. The van der Waals surface area contributed by atoms with E-state index in [9.17, 15) is 10.1 Å². The highest BCUT2D eigenvalue weighted by Crippen LogP contribution is 2.49. The lowest BCUT2D eigenvalue weighted by Crippen LogP contribution is -1.86. The number of benzene rings is 2. The third kappa shape index (κ3) is 0.685. The summed E-state index contributed by atoms with van der Waals surface area (Å²) in [6.45, 7) is 0. The van der Waals surface area contributed by atoms with Crippen LogP contribution < -0.4 is 0 Å². The van der Waals surface area contributed by atoms with Crippen molar-refractivity contribution in [3.05, 3.63) is 40.4 Å². The number of rotatable bonds is 1. The highest BCUT2D eigenvalue weighted by molar-refractivity contribution is 6.22.